The Morgan fingerprint density at radius 3 is 2.24 bits per heavy atom. The third kappa shape index (κ3) is 4.13. The monoisotopic (exact) mass is 338 g/mol. The molecule has 1 aliphatic carbocycles. The van der Waals surface area contributed by atoms with Crippen LogP contribution >= 0.6 is 0 Å². The SMILES string of the molecule is CCCCCCC1(CCCCCC)CCCC2=C1[N]c1ccccc12. The van der Waals surface area contributed by atoms with Crippen molar-refractivity contribution in [3.8, 4) is 0 Å². The average molecular weight is 339 g/mol. The predicted molar refractivity (Wildman–Crippen MR) is 109 cm³/mol. The second-order valence-corrected chi connectivity index (χ2v) is 8.21. The molecule has 0 spiro atoms. The number of hydrogen-bond acceptors (Lipinski definition) is 0. The van der Waals surface area contributed by atoms with E-state index >= 15 is 0 Å². The van der Waals surface area contributed by atoms with Crippen LogP contribution in [-0.2, 0) is 0 Å². The van der Waals surface area contributed by atoms with E-state index in [0.29, 0.717) is 5.41 Å². The van der Waals surface area contributed by atoms with E-state index < -0.39 is 0 Å². The van der Waals surface area contributed by atoms with Crippen molar-refractivity contribution in [2.24, 2.45) is 5.41 Å². The van der Waals surface area contributed by atoms with Gasteiger partial charge in [0.15, 0.2) is 0 Å². The van der Waals surface area contributed by atoms with E-state index in [0.717, 1.165) is 0 Å². The lowest BCUT2D eigenvalue weighted by Gasteiger charge is -2.39. The minimum absolute atomic E-state index is 0.369. The third-order valence-corrected chi connectivity index (χ3v) is 6.35. The number of rotatable bonds is 10. The van der Waals surface area contributed by atoms with Gasteiger partial charge in [-0.15, -0.1) is 0 Å². The van der Waals surface area contributed by atoms with Crippen molar-refractivity contribution in [3.05, 3.63) is 35.5 Å². The highest BCUT2D eigenvalue weighted by molar-refractivity contribution is 5.83. The fourth-order valence-electron chi connectivity index (χ4n) is 4.95. The van der Waals surface area contributed by atoms with Crippen LogP contribution in [0.25, 0.3) is 5.57 Å². The first-order valence-electron chi connectivity index (χ1n) is 10.9. The van der Waals surface area contributed by atoms with Crippen LogP contribution in [-0.4, -0.2) is 0 Å². The molecule has 0 aromatic heterocycles. The number of hydrogen-bond donors (Lipinski definition) is 0. The summed E-state index contributed by atoms with van der Waals surface area (Å²) in [6.45, 7) is 4.62. The fraction of sp³-hybridized carbons (Fsp3) is 0.667. The lowest BCUT2D eigenvalue weighted by atomic mass is 9.67. The molecule has 0 bridgehead atoms. The average Bonchev–Trinajstić information content (AvgIpc) is 3.03. The fourth-order valence-corrected chi connectivity index (χ4v) is 4.95. The number of fused-ring (bicyclic) bond motifs is 2. The van der Waals surface area contributed by atoms with Crippen LogP contribution < -0.4 is 5.32 Å². The summed E-state index contributed by atoms with van der Waals surface area (Å²) in [5.41, 5.74) is 6.12. The molecule has 1 aromatic carbocycles. The van der Waals surface area contributed by atoms with Crippen LogP contribution in [0.2, 0.25) is 0 Å². The molecule has 2 aliphatic rings. The summed E-state index contributed by atoms with van der Waals surface area (Å²) < 4.78 is 0. The molecule has 25 heavy (non-hydrogen) atoms. The molecule has 0 fully saturated rings. The van der Waals surface area contributed by atoms with Gasteiger partial charge in [0, 0.05) is 11.0 Å². The maximum absolute atomic E-state index is 5.20. The summed E-state index contributed by atoms with van der Waals surface area (Å²) in [6, 6.07) is 8.84. The molecule has 0 amide bonds. The summed E-state index contributed by atoms with van der Waals surface area (Å²) >= 11 is 0. The van der Waals surface area contributed by atoms with E-state index in [2.05, 4.69) is 38.1 Å². The first-order chi connectivity index (χ1) is 12.3. The molecule has 3 rings (SSSR count). The highest BCUT2D eigenvalue weighted by atomic mass is 14.9. The van der Waals surface area contributed by atoms with Crippen molar-refractivity contribution < 1.29 is 0 Å². The Morgan fingerprint density at radius 2 is 1.56 bits per heavy atom. The van der Waals surface area contributed by atoms with Gasteiger partial charge in [-0.25, -0.2) is 0 Å². The highest BCUT2D eigenvalue weighted by Gasteiger charge is 2.42. The van der Waals surface area contributed by atoms with Crippen molar-refractivity contribution in [2.45, 2.75) is 97.3 Å². The van der Waals surface area contributed by atoms with Gasteiger partial charge in [-0.05, 0) is 43.7 Å². The molecule has 0 saturated carbocycles. The van der Waals surface area contributed by atoms with Crippen LogP contribution in [0.4, 0.5) is 5.69 Å². The van der Waals surface area contributed by atoms with Crippen molar-refractivity contribution >= 4 is 11.3 Å². The minimum atomic E-state index is 0.369. The van der Waals surface area contributed by atoms with Crippen LogP contribution in [0.15, 0.2) is 30.0 Å². The number of nitrogens with zero attached hydrogens (tertiary/aromatic N) is 1. The normalized spacial score (nSPS) is 18.0. The minimum Gasteiger partial charge on any atom is -0.252 e. The molecule has 1 aromatic rings. The Hall–Kier alpha value is -1.24. The third-order valence-electron chi connectivity index (χ3n) is 6.35. The van der Waals surface area contributed by atoms with Crippen molar-refractivity contribution in [3.63, 3.8) is 0 Å². The van der Waals surface area contributed by atoms with E-state index in [1.807, 2.05) is 0 Å². The molecule has 1 heterocycles. The molecular formula is C24H36N. The van der Waals surface area contributed by atoms with Gasteiger partial charge in [-0.2, -0.15) is 0 Å². The van der Waals surface area contributed by atoms with E-state index in [1.54, 1.807) is 5.57 Å². The summed E-state index contributed by atoms with van der Waals surface area (Å²) in [5.74, 6) is 0. The van der Waals surface area contributed by atoms with Crippen LogP contribution in [0.5, 0.6) is 0 Å². The number of unbranched alkanes of at least 4 members (excludes halogenated alkanes) is 6. The molecule has 1 heteroatoms. The van der Waals surface area contributed by atoms with E-state index in [-0.39, 0.29) is 0 Å². The standard InChI is InChI=1S/C24H36N/c1-3-5-7-11-17-24(18-12-8-6-4-2)19-13-15-21-20-14-9-10-16-22(20)25-23(21)24/h9-10,14,16H,3-8,11-13,15,17-19H2,1-2H3. The highest BCUT2D eigenvalue weighted by Crippen LogP contribution is 2.54. The van der Waals surface area contributed by atoms with Gasteiger partial charge in [0.1, 0.15) is 0 Å². The van der Waals surface area contributed by atoms with Crippen LogP contribution in [0, 0.1) is 5.41 Å². The first kappa shape index (κ1) is 18.5. The Balaban J connectivity index is 1.79. The second kappa shape index (κ2) is 8.92. The van der Waals surface area contributed by atoms with E-state index in [9.17, 15) is 0 Å². The van der Waals surface area contributed by atoms with Crippen LogP contribution in [0.3, 0.4) is 0 Å². The van der Waals surface area contributed by atoms with Gasteiger partial charge in [0.2, 0.25) is 0 Å². The van der Waals surface area contributed by atoms with Crippen molar-refractivity contribution in [2.75, 3.05) is 0 Å². The Kier molecular flexibility index (Phi) is 6.62. The molecule has 137 valence electrons. The lowest BCUT2D eigenvalue weighted by molar-refractivity contribution is 0.234. The molecule has 1 radical (unpaired) electrons. The van der Waals surface area contributed by atoms with Gasteiger partial charge >= 0.3 is 0 Å². The number of allylic oxidation sites excluding steroid dienone is 2. The Morgan fingerprint density at radius 1 is 0.880 bits per heavy atom. The maximum Gasteiger partial charge on any atom is 0.0709 e. The van der Waals surface area contributed by atoms with Crippen LogP contribution in [0.1, 0.15) is 103 Å². The second-order valence-electron chi connectivity index (χ2n) is 8.21. The lowest BCUT2D eigenvalue weighted by Crippen LogP contribution is -2.29. The van der Waals surface area contributed by atoms with E-state index in [1.165, 1.54) is 100 Å². The van der Waals surface area contributed by atoms with Gasteiger partial charge in [-0.1, -0.05) is 83.4 Å². The number of para-hydroxylation sites is 1. The van der Waals surface area contributed by atoms with Crippen molar-refractivity contribution in [1.82, 2.24) is 5.32 Å². The summed E-state index contributed by atoms with van der Waals surface area (Å²) in [7, 11) is 0. The maximum atomic E-state index is 5.20. The quantitative estimate of drug-likeness (QED) is 0.387. The molecular weight excluding hydrogens is 302 g/mol. The Bertz CT molecular complexity index is 572. The predicted octanol–water partition coefficient (Wildman–Crippen LogP) is 7.76. The number of benzene rings is 1. The summed E-state index contributed by atoms with van der Waals surface area (Å²) in [4.78, 5) is 0. The molecule has 0 saturated heterocycles. The largest absolute Gasteiger partial charge is 0.252 e. The molecule has 1 nitrogen and oxygen atoms in total. The summed E-state index contributed by atoms with van der Waals surface area (Å²) in [6.07, 6.45) is 17.6. The van der Waals surface area contributed by atoms with Gasteiger partial charge in [-0.3, -0.25) is 5.32 Å². The zero-order valence-corrected chi connectivity index (χ0v) is 16.4. The first-order valence-corrected chi connectivity index (χ1v) is 10.9. The zero-order chi connectivity index (χ0) is 17.5. The summed E-state index contributed by atoms with van der Waals surface area (Å²) in [5, 5.41) is 5.20. The zero-order valence-electron chi connectivity index (χ0n) is 16.4. The molecule has 0 atom stereocenters. The smallest absolute Gasteiger partial charge is 0.0709 e. The Labute approximate surface area is 155 Å². The molecule has 0 N–H and O–H groups in total. The van der Waals surface area contributed by atoms with Gasteiger partial charge in [0.05, 0.1) is 11.4 Å². The molecule has 0 unspecified atom stereocenters. The van der Waals surface area contributed by atoms with Gasteiger partial charge < -0.3 is 0 Å². The topological polar surface area (TPSA) is 14.1 Å². The van der Waals surface area contributed by atoms with Gasteiger partial charge in [0.25, 0.3) is 0 Å². The van der Waals surface area contributed by atoms with E-state index in [4.69, 9.17) is 5.32 Å². The molecule has 1 aliphatic heterocycles. The van der Waals surface area contributed by atoms with Crippen molar-refractivity contribution in [1.29, 1.82) is 0 Å².